The van der Waals surface area contributed by atoms with Crippen LogP contribution in [0, 0.1) is 6.92 Å². The molecule has 0 aliphatic heterocycles. The van der Waals surface area contributed by atoms with Crippen molar-refractivity contribution < 1.29 is 5.11 Å². The van der Waals surface area contributed by atoms with E-state index in [0.29, 0.717) is 0 Å². The Bertz CT molecular complexity index is 794. The molecule has 0 aliphatic carbocycles. The molecule has 0 amide bonds. The Hall–Kier alpha value is -2.66. The Balaban J connectivity index is 1.70. The van der Waals surface area contributed by atoms with E-state index in [-0.39, 0.29) is 5.75 Å². The summed E-state index contributed by atoms with van der Waals surface area (Å²) in [6.07, 6.45) is 1.74. The van der Waals surface area contributed by atoms with Gasteiger partial charge < -0.3 is 5.11 Å². The van der Waals surface area contributed by atoms with E-state index >= 15 is 0 Å². The number of phenolic OH excluding ortho intramolecular Hbond substituents is 1. The number of thiazole rings is 1. The van der Waals surface area contributed by atoms with Crippen LogP contribution in [-0.2, 0) is 0 Å². The van der Waals surface area contributed by atoms with Crippen LogP contribution in [0.4, 0.5) is 5.13 Å². The largest absolute Gasteiger partial charge is 0.507 e. The van der Waals surface area contributed by atoms with Gasteiger partial charge in [-0.2, -0.15) is 5.10 Å². The average Bonchev–Trinajstić information content (AvgIpc) is 2.94. The number of aromatic hydroxyl groups is 1. The zero-order chi connectivity index (χ0) is 15.4. The van der Waals surface area contributed by atoms with Crippen molar-refractivity contribution in [3.05, 3.63) is 65.2 Å². The molecule has 22 heavy (non-hydrogen) atoms. The van der Waals surface area contributed by atoms with E-state index in [1.165, 1.54) is 11.3 Å². The molecule has 1 aromatic heterocycles. The summed E-state index contributed by atoms with van der Waals surface area (Å²) in [4.78, 5) is 4.27. The first-order valence-corrected chi connectivity index (χ1v) is 7.70. The highest BCUT2D eigenvalue weighted by Gasteiger charge is 2.02. The van der Waals surface area contributed by atoms with Crippen molar-refractivity contribution in [3.8, 4) is 16.9 Å². The molecule has 2 aromatic carbocycles. The van der Waals surface area contributed by atoms with E-state index in [9.17, 15) is 5.11 Å². The summed E-state index contributed by atoms with van der Waals surface area (Å²) in [5.41, 5.74) is 6.65. The highest BCUT2D eigenvalue weighted by atomic mass is 32.1. The molecule has 0 fully saturated rings. The zero-order valence-electron chi connectivity index (χ0n) is 12.0. The second kappa shape index (κ2) is 6.41. The first kappa shape index (κ1) is 14.3. The predicted octanol–water partition coefficient (Wildman–Crippen LogP) is 4.27. The Kier molecular flexibility index (Phi) is 4.16. The SMILES string of the molecule is Cc1csc(NN=Cc2ccc(-c3ccccc3O)cc2)n1. The number of phenols is 1. The molecule has 0 unspecified atom stereocenters. The number of aryl methyl sites for hydroxylation is 1. The van der Waals surface area contributed by atoms with E-state index in [0.717, 1.165) is 27.5 Å². The molecule has 0 spiro atoms. The topological polar surface area (TPSA) is 57.5 Å². The van der Waals surface area contributed by atoms with Gasteiger partial charge in [-0.1, -0.05) is 42.5 Å². The summed E-state index contributed by atoms with van der Waals surface area (Å²) >= 11 is 1.52. The Morgan fingerprint density at radius 3 is 2.59 bits per heavy atom. The lowest BCUT2D eigenvalue weighted by molar-refractivity contribution is 0.477. The molecule has 4 nitrogen and oxygen atoms in total. The molecule has 3 aromatic rings. The normalized spacial score (nSPS) is 11.0. The summed E-state index contributed by atoms with van der Waals surface area (Å²) in [5, 5.41) is 16.8. The number of rotatable bonds is 4. The van der Waals surface area contributed by atoms with Gasteiger partial charge in [-0.3, -0.25) is 5.43 Å². The van der Waals surface area contributed by atoms with Crippen LogP contribution >= 0.6 is 11.3 Å². The van der Waals surface area contributed by atoms with Gasteiger partial charge in [-0.15, -0.1) is 11.3 Å². The summed E-state index contributed by atoms with van der Waals surface area (Å²) in [5.74, 6) is 0.282. The zero-order valence-corrected chi connectivity index (χ0v) is 12.8. The van der Waals surface area contributed by atoms with Gasteiger partial charge in [0.05, 0.1) is 11.9 Å². The van der Waals surface area contributed by atoms with Crippen LogP contribution in [0.1, 0.15) is 11.3 Å². The minimum absolute atomic E-state index is 0.282. The van der Waals surface area contributed by atoms with Crippen LogP contribution in [0.3, 0.4) is 0 Å². The van der Waals surface area contributed by atoms with Gasteiger partial charge >= 0.3 is 0 Å². The standard InChI is InChI=1S/C17H15N3OS/c1-12-11-22-17(19-12)20-18-10-13-6-8-14(9-7-13)15-4-2-3-5-16(15)21/h2-11,21H,1H3,(H,19,20). The lowest BCUT2D eigenvalue weighted by atomic mass is 10.0. The highest BCUT2D eigenvalue weighted by molar-refractivity contribution is 7.13. The summed E-state index contributed by atoms with van der Waals surface area (Å²) in [6, 6.07) is 15.1. The lowest BCUT2D eigenvalue weighted by Gasteiger charge is -2.04. The average molecular weight is 309 g/mol. The van der Waals surface area contributed by atoms with Gasteiger partial charge in [0.1, 0.15) is 5.75 Å². The number of hydrazone groups is 1. The first-order chi connectivity index (χ1) is 10.7. The second-order valence-electron chi connectivity index (χ2n) is 4.80. The molecule has 5 heteroatoms. The quantitative estimate of drug-likeness (QED) is 0.559. The minimum atomic E-state index is 0.282. The maximum Gasteiger partial charge on any atom is 0.203 e. The molecular formula is C17H15N3OS. The van der Waals surface area contributed by atoms with E-state index in [1.54, 1.807) is 12.3 Å². The molecule has 110 valence electrons. The van der Waals surface area contributed by atoms with Crippen molar-refractivity contribution in [1.82, 2.24) is 4.98 Å². The van der Waals surface area contributed by atoms with Crippen molar-refractivity contribution in [1.29, 1.82) is 0 Å². The number of nitrogens with one attached hydrogen (secondary N) is 1. The number of aromatic nitrogens is 1. The third-order valence-electron chi connectivity index (χ3n) is 3.12. The maximum absolute atomic E-state index is 9.86. The number of hydrogen-bond acceptors (Lipinski definition) is 5. The second-order valence-corrected chi connectivity index (χ2v) is 5.66. The molecule has 0 atom stereocenters. The monoisotopic (exact) mass is 309 g/mol. The fourth-order valence-electron chi connectivity index (χ4n) is 2.03. The van der Waals surface area contributed by atoms with Gasteiger partial charge in [0, 0.05) is 10.9 Å². The molecule has 0 radical (unpaired) electrons. The van der Waals surface area contributed by atoms with Crippen molar-refractivity contribution in [2.75, 3.05) is 5.43 Å². The minimum Gasteiger partial charge on any atom is -0.507 e. The Morgan fingerprint density at radius 2 is 1.91 bits per heavy atom. The number of para-hydroxylation sites is 1. The number of anilines is 1. The van der Waals surface area contributed by atoms with Crippen LogP contribution in [0.25, 0.3) is 11.1 Å². The Labute approximate surface area is 132 Å². The summed E-state index contributed by atoms with van der Waals surface area (Å²) in [7, 11) is 0. The van der Waals surface area contributed by atoms with Gasteiger partial charge in [0.15, 0.2) is 0 Å². The summed E-state index contributed by atoms with van der Waals surface area (Å²) < 4.78 is 0. The van der Waals surface area contributed by atoms with Crippen molar-refractivity contribution in [2.45, 2.75) is 6.92 Å². The van der Waals surface area contributed by atoms with Crippen LogP contribution in [-0.4, -0.2) is 16.3 Å². The number of nitrogens with zero attached hydrogens (tertiary/aromatic N) is 2. The lowest BCUT2D eigenvalue weighted by Crippen LogP contribution is -1.90. The van der Waals surface area contributed by atoms with Crippen LogP contribution in [0.5, 0.6) is 5.75 Å². The molecule has 2 N–H and O–H groups in total. The molecule has 0 saturated heterocycles. The Morgan fingerprint density at radius 1 is 1.14 bits per heavy atom. The van der Waals surface area contributed by atoms with E-state index in [2.05, 4.69) is 15.5 Å². The van der Waals surface area contributed by atoms with E-state index in [1.807, 2.05) is 54.8 Å². The molecule has 0 bridgehead atoms. The third kappa shape index (κ3) is 3.32. The molecular weight excluding hydrogens is 294 g/mol. The van der Waals surface area contributed by atoms with E-state index in [4.69, 9.17) is 0 Å². The van der Waals surface area contributed by atoms with Crippen LogP contribution < -0.4 is 5.43 Å². The van der Waals surface area contributed by atoms with Gasteiger partial charge in [-0.25, -0.2) is 4.98 Å². The van der Waals surface area contributed by atoms with Crippen molar-refractivity contribution >= 4 is 22.7 Å². The van der Waals surface area contributed by atoms with Gasteiger partial charge in [0.2, 0.25) is 5.13 Å². The van der Waals surface area contributed by atoms with Gasteiger partial charge in [0.25, 0.3) is 0 Å². The van der Waals surface area contributed by atoms with Crippen LogP contribution in [0.2, 0.25) is 0 Å². The van der Waals surface area contributed by atoms with E-state index < -0.39 is 0 Å². The smallest absolute Gasteiger partial charge is 0.203 e. The third-order valence-corrected chi connectivity index (χ3v) is 3.98. The van der Waals surface area contributed by atoms with Gasteiger partial charge in [-0.05, 0) is 24.1 Å². The predicted molar refractivity (Wildman–Crippen MR) is 91.6 cm³/mol. The molecule has 1 heterocycles. The fourth-order valence-corrected chi connectivity index (χ4v) is 2.67. The molecule has 3 rings (SSSR count). The van der Waals surface area contributed by atoms with Crippen molar-refractivity contribution in [3.63, 3.8) is 0 Å². The molecule has 0 aliphatic rings. The summed E-state index contributed by atoms with van der Waals surface area (Å²) in [6.45, 7) is 1.95. The number of hydrogen-bond donors (Lipinski definition) is 2. The fraction of sp³-hybridized carbons (Fsp3) is 0.0588. The molecule has 0 saturated carbocycles. The van der Waals surface area contributed by atoms with Crippen LogP contribution in [0.15, 0.2) is 59.0 Å². The van der Waals surface area contributed by atoms with Crippen molar-refractivity contribution in [2.24, 2.45) is 5.10 Å². The number of benzene rings is 2. The maximum atomic E-state index is 9.86. The highest BCUT2D eigenvalue weighted by Crippen LogP contribution is 2.28. The first-order valence-electron chi connectivity index (χ1n) is 6.82.